The van der Waals surface area contributed by atoms with Gasteiger partial charge in [0.05, 0.1) is 23.9 Å². The number of halogens is 3. The smallest absolute Gasteiger partial charge is 0.411 e. The van der Waals surface area contributed by atoms with E-state index in [0.717, 1.165) is 17.0 Å². The van der Waals surface area contributed by atoms with Gasteiger partial charge in [-0.15, -0.1) is 11.3 Å². The molecule has 21 heavy (non-hydrogen) atoms. The van der Waals surface area contributed by atoms with E-state index in [1.807, 2.05) is 0 Å². The average molecular weight is 323 g/mol. The SMILES string of the molecule is CCOC(=O)C1CCc2sc(CCOCC(F)(F)F)nc21. The van der Waals surface area contributed by atoms with Gasteiger partial charge in [0.25, 0.3) is 0 Å². The van der Waals surface area contributed by atoms with Gasteiger partial charge in [0.15, 0.2) is 0 Å². The fraction of sp³-hybridized carbons (Fsp3) is 0.692. The van der Waals surface area contributed by atoms with E-state index < -0.39 is 12.8 Å². The third-order valence-corrected chi connectivity index (χ3v) is 4.25. The van der Waals surface area contributed by atoms with Crippen LogP contribution >= 0.6 is 11.3 Å². The molecular formula is C13H16F3NO3S. The second-order valence-electron chi connectivity index (χ2n) is 4.68. The van der Waals surface area contributed by atoms with Crippen LogP contribution in [0.3, 0.4) is 0 Å². The number of aromatic nitrogens is 1. The number of hydrogen-bond acceptors (Lipinski definition) is 5. The Hall–Kier alpha value is -1.15. The second kappa shape index (κ2) is 6.74. The monoisotopic (exact) mass is 323 g/mol. The Labute approximate surface area is 124 Å². The molecule has 0 radical (unpaired) electrons. The Kier molecular flexibility index (Phi) is 5.21. The third-order valence-electron chi connectivity index (χ3n) is 3.06. The van der Waals surface area contributed by atoms with Crippen molar-refractivity contribution in [1.82, 2.24) is 4.98 Å². The summed E-state index contributed by atoms with van der Waals surface area (Å²) in [5, 5.41) is 0.705. The molecule has 0 fully saturated rings. The van der Waals surface area contributed by atoms with E-state index in [-0.39, 0.29) is 18.5 Å². The number of carbonyl (C=O) groups is 1. The van der Waals surface area contributed by atoms with Crippen molar-refractivity contribution < 1.29 is 27.4 Å². The van der Waals surface area contributed by atoms with Gasteiger partial charge in [-0.2, -0.15) is 13.2 Å². The molecule has 118 valence electrons. The van der Waals surface area contributed by atoms with Crippen molar-refractivity contribution in [3.05, 3.63) is 15.6 Å². The van der Waals surface area contributed by atoms with Crippen molar-refractivity contribution in [1.29, 1.82) is 0 Å². The molecule has 1 aliphatic carbocycles. The molecule has 1 aromatic heterocycles. The molecule has 2 rings (SSSR count). The van der Waals surface area contributed by atoms with Crippen LogP contribution in [0.25, 0.3) is 0 Å². The molecule has 4 nitrogen and oxygen atoms in total. The van der Waals surface area contributed by atoms with Gasteiger partial charge in [0, 0.05) is 11.3 Å². The van der Waals surface area contributed by atoms with E-state index in [1.54, 1.807) is 6.92 Å². The zero-order chi connectivity index (χ0) is 15.5. The first-order chi connectivity index (χ1) is 9.90. The summed E-state index contributed by atoms with van der Waals surface area (Å²) >= 11 is 1.44. The van der Waals surface area contributed by atoms with Crippen LogP contribution in [0.15, 0.2) is 0 Å². The lowest BCUT2D eigenvalue weighted by Crippen LogP contribution is -2.18. The van der Waals surface area contributed by atoms with Crippen molar-refractivity contribution in [3.63, 3.8) is 0 Å². The molecule has 0 spiro atoms. The number of carbonyl (C=O) groups excluding carboxylic acids is 1. The van der Waals surface area contributed by atoms with Crippen molar-refractivity contribution in [2.24, 2.45) is 0 Å². The maximum absolute atomic E-state index is 11.9. The summed E-state index contributed by atoms with van der Waals surface area (Å²) in [6.45, 7) is 0.796. The van der Waals surface area contributed by atoms with Gasteiger partial charge in [-0.3, -0.25) is 4.79 Å². The van der Waals surface area contributed by atoms with Gasteiger partial charge in [-0.1, -0.05) is 0 Å². The second-order valence-corrected chi connectivity index (χ2v) is 5.85. The quantitative estimate of drug-likeness (QED) is 0.597. The zero-order valence-electron chi connectivity index (χ0n) is 11.5. The molecule has 0 aliphatic heterocycles. The largest absolute Gasteiger partial charge is 0.465 e. The average Bonchev–Trinajstić information content (AvgIpc) is 2.93. The summed E-state index contributed by atoms with van der Waals surface area (Å²) < 4.78 is 45.4. The van der Waals surface area contributed by atoms with E-state index in [9.17, 15) is 18.0 Å². The Bertz CT molecular complexity index is 501. The Morgan fingerprint density at radius 1 is 1.48 bits per heavy atom. The van der Waals surface area contributed by atoms with Gasteiger partial charge in [-0.25, -0.2) is 4.98 Å². The summed E-state index contributed by atoms with van der Waals surface area (Å²) in [4.78, 5) is 17.2. The lowest BCUT2D eigenvalue weighted by atomic mass is 10.1. The number of alkyl halides is 3. The standard InChI is InChI=1S/C13H16F3NO3S/c1-2-20-12(18)8-3-4-9-11(8)17-10(21-9)5-6-19-7-13(14,15)16/h8H,2-7H2,1H3. The van der Waals surface area contributed by atoms with Crippen molar-refractivity contribution in [2.75, 3.05) is 19.8 Å². The fourth-order valence-electron chi connectivity index (χ4n) is 2.20. The molecule has 1 aliphatic rings. The summed E-state index contributed by atoms with van der Waals surface area (Å²) in [5.41, 5.74) is 0.726. The molecule has 0 saturated heterocycles. The highest BCUT2D eigenvalue weighted by Gasteiger charge is 2.33. The van der Waals surface area contributed by atoms with E-state index in [1.165, 1.54) is 11.3 Å². The number of rotatable bonds is 6. The van der Waals surface area contributed by atoms with Crippen molar-refractivity contribution in [2.45, 2.75) is 38.3 Å². The topological polar surface area (TPSA) is 48.4 Å². The molecule has 0 N–H and O–H groups in total. The summed E-state index contributed by atoms with van der Waals surface area (Å²) in [7, 11) is 0. The first kappa shape index (κ1) is 16.2. The van der Waals surface area contributed by atoms with Crippen LogP contribution in [0.1, 0.15) is 34.8 Å². The van der Waals surface area contributed by atoms with Gasteiger partial charge in [0.1, 0.15) is 12.5 Å². The van der Waals surface area contributed by atoms with Gasteiger partial charge < -0.3 is 9.47 Å². The number of hydrogen-bond donors (Lipinski definition) is 0. The number of esters is 1. The highest BCUT2D eigenvalue weighted by molar-refractivity contribution is 7.11. The first-order valence-electron chi connectivity index (χ1n) is 6.70. The number of ether oxygens (including phenoxy) is 2. The first-order valence-corrected chi connectivity index (χ1v) is 7.52. The molecule has 8 heteroatoms. The van der Waals surface area contributed by atoms with Crippen molar-refractivity contribution in [3.8, 4) is 0 Å². The minimum absolute atomic E-state index is 0.0318. The van der Waals surface area contributed by atoms with Gasteiger partial charge in [0.2, 0.25) is 0 Å². The summed E-state index contributed by atoms with van der Waals surface area (Å²) in [6, 6.07) is 0. The van der Waals surface area contributed by atoms with E-state index >= 15 is 0 Å². The number of aryl methyl sites for hydroxylation is 1. The summed E-state index contributed by atoms with van der Waals surface area (Å²) in [5.74, 6) is -0.609. The zero-order valence-corrected chi connectivity index (χ0v) is 12.4. The van der Waals surface area contributed by atoms with Gasteiger partial charge in [-0.05, 0) is 19.8 Å². The van der Waals surface area contributed by atoms with Crippen molar-refractivity contribution >= 4 is 17.3 Å². The molecule has 0 saturated carbocycles. The lowest BCUT2D eigenvalue weighted by Gasteiger charge is -2.08. The fourth-order valence-corrected chi connectivity index (χ4v) is 3.33. The number of nitrogens with zero attached hydrogens (tertiary/aromatic N) is 1. The van der Waals surface area contributed by atoms with Crippen LogP contribution < -0.4 is 0 Å². The normalized spacial score (nSPS) is 17.8. The molecule has 0 amide bonds. The van der Waals surface area contributed by atoms with Crippen LogP contribution in [0.4, 0.5) is 13.2 Å². The predicted octanol–water partition coefficient (Wildman–Crippen LogP) is 2.86. The highest BCUT2D eigenvalue weighted by Crippen LogP contribution is 2.37. The molecule has 1 unspecified atom stereocenters. The number of fused-ring (bicyclic) bond motifs is 1. The lowest BCUT2D eigenvalue weighted by molar-refractivity contribution is -0.173. The highest BCUT2D eigenvalue weighted by atomic mass is 32.1. The van der Waals surface area contributed by atoms with Crippen LogP contribution in [-0.4, -0.2) is 37.0 Å². The predicted molar refractivity (Wildman–Crippen MR) is 70.4 cm³/mol. The van der Waals surface area contributed by atoms with Crippen LogP contribution in [0.2, 0.25) is 0 Å². The molecule has 0 bridgehead atoms. The Balaban J connectivity index is 1.88. The van der Waals surface area contributed by atoms with Crippen LogP contribution in [0, 0.1) is 0 Å². The molecule has 1 aromatic rings. The Morgan fingerprint density at radius 2 is 2.24 bits per heavy atom. The maximum Gasteiger partial charge on any atom is 0.411 e. The van der Waals surface area contributed by atoms with E-state index in [4.69, 9.17) is 4.74 Å². The minimum atomic E-state index is -4.31. The molecule has 0 aromatic carbocycles. The Morgan fingerprint density at radius 3 is 2.90 bits per heavy atom. The van der Waals surface area contributed by atoms with Crippen LogP contribution in [-0.2, 0) is 27.1 Å². The third kappa shape index (κ3) is 4.41. The van der Waals surface area contributed by atoms with Gasteiger partial charge >= 0.3 is 12.1 Å². The van der Waals surface area contributed by atoms with E-state index in [2.05, 4.69) is 9.72 Å². The van der Waals surface area contributed by atoms with E-state index in [0.29, 0.717) is 24.5 Å². The number of thiazole rings is 1. The molecule has 1 atom stereocenters. The summed E-state index contributed by atoms with van der Waals surface area (Å²) in [6.07, 6.45) is -2.53. The maximum atomic E-state index is 11.9. The minimum Gasteiger partial charge on any atom is -0.465 e. The molecular weight excluding hydrogens is 307 g/mol. The van der Waals surface area contributed by atoms with Crippen LogP contribution in [0.5, 0.6) is 0 Å². The molecule has 1 heterocycles.